The van der Waals surface area contributed by atoms with E-state index < -0.39 is 0 Å². The maximum Gasteiger partial charge on any atom is 0.223 e. The van der Waals surface area contributed by atoms with Gasteiger partial charge in [-0.3, -0.25) is 4.79 Å². The van der Waals surface area contributed by atoms with Gasteiger partial charge < -0.3 is 14.4 Å². The van der Waals surface area contributed by atoms with E-state index in [1.54, 1.807) is 11.9 Å². The maximum absolute atomic E-state index is 11.7. The first-order valence-corrected chi connectivity index (χ1v) is 6.20. The fourth-order valence-electron chi connectivity index (χ4n) is 1.90. The Morgan fingerprint density at radius 3 is 2.84 bits per heavy atom. The minimum atomic E-state index is -0.0311. The molecule has 5 nitrogen and oxygen atoms in total. The smallest absolute Gasteiger partial charge is 0.223 e. The van der Waals surface area contributed by atoms with Gasteiger partial charge in [0.25, 0.3) is 0 Å². The normalized spacial score (nSPS) is 12.6. The largest absolute Gasteiger partial charge is 0.486 e. The van der Waals surface area contributed by atoms with E-state index in [-0.39, 0.29) is 18.7 Å². The van der Waals surface area contributed by atoms with Gasteiger partial charge in [-0.15, -0.1) is 0 Å². The first kappa shape index (κ1) is 13.2. The third-order valence-electron chi connectivity index (χ3n) is 2.90. The van der Waals surface area contributed by atoms with Crippen LogP contribution in [-0.2, 0) is 11.3 Å². The van der Waals surface area contributed by atoms with Crippen LogP contribution in [0.5, 0.6) is 11.5 Å². The van der Waals surface area contributed by atoms with Crippen molar-refractivity contribution in [1.29, 1.82) is 5.26 Å². The molecule has 100 valence electrons. The summed E-state index contributed by atoms with van der Waals surface area (Å²) in [5, 5.41) is 8.47. The Bertz CT molecular complexity index is 508. The second-order valence-corrected chi connectivity index (χ2v) is 4.39. The number of hydrogen-bond acceptors (Lipinski definition) is 4. The Labute approximate surface area is 112 Å². The molecule has 0 aliphatic carbocycles. The molecule has 1 aromatic rings. The highest BCUT2D eigenvalue weighted by atomic mass is 16.6. The van der Waals surface area contributed by atoms with Crippen molar-refractivity contribution in [2.45, 2.75) is 19.4 Å². The predicted octanol–water partition coefficient (Wildman–Crippen LogP) is 1.72. The molecule has 0 saturated heterocycles. The van der Waals surface area contributed by atoms with Gasteiger partial charge in [0, 0.05) is 26.4 Å². The van der Waals surface area contributed by atoms with Crippen molar-refractivity contribution in [1.82, 2.24) is 4.90 Å². The van der Waals surface area contributed by atoms with Crippen LogP contribution in [0.4, 0.5) is 0 Å². The minimum absolute atomic E-state index is 0.0311. The first-order valence-electron chi connectivity index (χ1n) is 6.20. The Morgan fingerprint density at radius 1 is 1.37 bits per heavy atom. The zero-order valence-electron chi connectivity index (χ0n) is 10.9. The molecule has 0 atom stereocenters. The Balaban J connectivity index is 1.99. The van der Waals surface area contributed by atoms with Crippen LogP contribution in [0.2, 0.25) is 0 Å². The van der Waals surface area contributed by atoms with E-state index in [2.05, 4.69) is 0 Å². The summed E-state index contributed by atoms with van der Waals surface area (Å²) in [6.07, 6.45) is 0.516. The van der Waals surface area contributed by atoms with E-state index in [1.165, 1.54) is 0 Å². The van der Waals surface area contributed by atoms with Gasteiger partial charge in [-0.25, -0.2) is 0 Å². The molecule has 1 amide bonds. The molecule has 0 aromatic heterocycles. The van der Waals surface area contributed by atoms with Crippen LogP contribution < -0.4 is 9.47 Å². The summed E-state index contributed by atoms with van der Waals surface area (Å²) >= 11 is 0. The molecule has 1 aromatic carbocycles. The Kier molecular flexibility index (Phi) is 4.24. The molecule has 1 aliphatic rings. The molecular weight excluding hydrogens is 244 g/mol. The van der Waals surface area contributed by atoms with Crippen LogP contribution in [0.1, 0.15) is 18.4 Å². The van der Waals surface area contributed by atoms with Gasteiger partial charge >= 0.3 is 0 Å². The molecule has 0 spiro atoms. The molecule has 0 radical (unpaired) electrons. The quantitative estimate of drug-likeness (QED) is 0.827. The molecule has 1 heterocycles. The second kappa shape index (κ2) is 6.10. The van der Waals surface area contributed by atoms with Crippen LogP contribution in [-0.4, -0.2) is 31.1 Å². The molecule has 1 aliphatic heterocycles. The number of ether oxygens (including phenoxy) is 2. The monoisotopic (exact) mass is 260 g/mol. The summed E-state index contributed by atoms with van der Waals surface area (Å²) in [7, 11) is 1.73. The van der Waals surface area contributed by atoms with Crippen LogP contribution in [0, 0.1) is 11.3 Å². The number of rotatable bonds is 4. The van der Waals surface area contributed by atoms with E-state index in [0.717, 1.165) is 17.1 Å². The van der Waals surface area contributed by atoms with Gasteiger partial charge in [0.15, 0.2) is 11.5 Å². The number of amides is 1. The van der Waals surface area contributed by atoms with Crippen molar-refractivity contribution in [2.75, 3.05) is 20.3 Å². The summed E-state index contributed by atoms with van der Waals surface area (Å²) in [4.78, 5) is 13.3. The Hall–Kier alpha value is -2.22. The maximum atomic E-state index is 11.7. The highest BCUT2D eigenvalue weighted by Gasteiger charge is 2.14. The van der Waals surface area contributed by atoms with Crippen LogP contribution in [0.25, 0.3) is 0 Å². The van der Waals surface area contributed by atoms with Crippen molar-refractivity contribution in [3.05, 3.63) is 23.8 Å². The van der Waals surface area contributed by atoms with Gasteiger partial charge in [-0.2, -0.15) is 5.26 Å². The van der Waals surface area contributed by atoms with E-state index >= 15 is 0 Å². The van der Waals surface area contributed by atoms with Gasteiger partial charge in [0.1, 0.15) is 13.2 Å². The van der Waals surface area contributed by atoms with Crippen LogP contribution in [0.15, 0.2) is 18.2 Å². The number of carbonyl (C=O) groups is 1. The van der Waals surface area contributed by atoms with Gasteiger partial charge in [0.05, 0.1) is 6.07 Å². The van der Waals surface area contributed by atoms with E-state index in [1.807, 2.05) is 24.3 Å². The highest BCUT2D eigenvalue weighted by molar-refractivity contribution is 5.76. The lowest BCUT2D eigenvalue weighted by Gasteiger charge is -2.21. The number of carbonyl (C=O) groups excluding carboxylic acids is 1. The standard InChI is InChI=1S/C14H16N2O3/c1-16(14(17)3-2-6-15)10-11-4-5-12-13(9-11)19-8-7-18-12/h4-5,9H,2-3,7-8,10H2,1H3. The fourth-order valence-corrected chi connectivity index (χ4v) is 1.90. The van der Waals surface area contributed by atoms with Crippen molar-refractivity contribution in [2.24, 2.45) is 0 Å². The van der Waals surface area contributed by atoms with E-state index in [4.69, 9.17) is 14.7 Å². The third kappa shape index (κ3) is 3.38. The number of benzene rings is 1. The third-order valence-corrected chi connectivity index (χ3v) is 2.90. The summed E-state index contributed by atoms with van der Waals surface area (Å²) in [5.74, 6) is 1.44. The molecule has 2 rings (SSSR count). The van der Waals surface area contributed by atoms with Crippen molar-refractivity contribution in [3.63, 3.8) is 0 Å². The predicted molar refractivity (Wildman–Crippen MR) is 68.8 cm³/mol. The van der Waals surface area contributed by atoms with Crippen LogP contribution >= 0.6 is 0 Å². The number of nitrogens with zero attached hydrogens (tertiary/aromatic N) is 2. The van der Waals surface area contributed by atoms with Gasteiger partial charge in [0.2, 0.25) is 5.91 Å². The van der Waals surface area contributed by atoms with Crippen LogP contribution in [0.3, 0.4) is 0 Å². The molecule has 19 heavy (non-hydrogen) atoms. The first-order chi connectivity index (χ1) is 9.20. The number of hydrogen-bond donors (Lipinski definition) is 0. The van der Waals surface area contributed by atoms with Crippen molar-refractivity contribution < 1.29 is 14.3 Å². The van der Waals surface area contributed by atoms with Gasteiger partial charge in [-0.1, -0.05) is 6.07 Å². The lowest BCUT2D eigenvalue weighted by Crippen LogP contribution is -2.25. The molecular formula is C14H16N2O3. The number of fused-ring (bicyclic) bond motifs is 1. The molecule has 0 unspecified atom stereocenters. The molecule has 0 fully saturated rings. The van der Waals surface area contributed by atoms with Crippen molar-refractivity contribution in [3.8, 4) is 17.6 Å². The van der Waals surface area contributed by atoms with Gasteiger partial charge in [-0.05, 0) is 17.7 Å². The second-order valence-electron chi connectivity index (χ2n) is 4.39. The lowest BCUT2D eigenvalue weighted by molar-refractivity contribution is -0.130. The topological polar surface area (TPSA) is 62.6 Å². The molecule has 0 N–H and O–H groups in total. The minimum Gasteiger partial charge on any atom is -0.486 e. The van der Waals surface area contributed by atoms with E-state index in [0.29, 0.717) is 19.8 Å². The average Bonchev–Trinajstić information content (AvgIpc) is 2.44. The number of nitriles is 1. The summed E-state index contributed by atoms with van der Waals surface area (Å²) in [5.41, 5.74) is 0.983. The Morgan fingerprint density at radius 2 is 2.11 bits per heavy atom. The highest BCUT2D eigenvalue weighted by Crippen LogP contribution is 2.31. The summed E-state index contributed by atoms with van der Waals surface area (Å²) < 4.78 is 10.9. The van der Waals surface area contributed by atoms with Crippen molar-refractivity contribution >= 4 is 5.91 Å². The zero-order chi connectivity index (χ0) is 13.7. The molecule has 5 heteroatoms. The molecule has 0 saturated carbocycles. The SMILES string of the molecule is CN(Cc1ccc2c(c1)OCCO2)C(=O)CCC#N. The average molecular weight is 260 g/mol. The summed E-state index contributed by atoms with van der Waals surface area (Å²) in [6, 6.07) is 7.64. The fraction of sp³-hybridized carbons (Fsp3) is 0.429. The summed E-state index contributed by atoms with van der Waals surface area (Å²) in [6.45, 7) is 1.62. The lowest BCUT2D eigenvalue weighted by atomic mass is 10.1. The molecule has 0 bridgehead atoms. The zero-order valence-corrected chi connectivity index (χ0v) is 10.9. The van der Waals surface area contributed by atoms with E-state index in [9.17, 15) is 4.79 Å².